The number of rotatable bonds is 8. The highest BCUT2D eigenvalue weighted by Crippen LogP contribution is 2.51. The summed E-state index contributed by atoms with van der Waals surface area (Å²) in [6.07, 6.45) is 29.7. The van der Waals surface area contributed by atoms with E-state index in [4.69, 9.17) is 22.8 Å². The Morgan fingerprint density at radius 2 is 0.605 bits per heavy atom. The summed E-state index contributed by atoms with van der Waals surface area (Å²) in [6.45, 7) is 3.33. The number of thiophene rings is 5. The molecule has 12 heterocycles. The van der Waals surface area contributed by atoms with Gasteiger partial charge in [-0.25, -0.2) is 0 Å². The van der Waals surface area contributed by atoms with Crippen molar-refractivity contribution >= 4 is 212 Å². The Kier molecular flexibility index (Phi) is 21.9. The summed E-state index contributed by atoms with van der Waals surface area (Å²) in [6, 6.07) is 94.5. The third-order valence-corrected chi connectivity index (χ3v) is 37.9. The number of fused-ring (bicyclic) bond motifs is 25. The SMILES string of the molecule is Cc1ccccc1-c1c2sc3c4ccc(C5CCCC5)cc4ccc3c2cc[n+]1C.Cc1ccccc1-c1c2sc3c4ccc(C5CCCCC5)cc4ccc3c2cc[n+]1C.[2H]C([2H])([2H])c1ccc(-c2c3sc4c5ccccc5c(C)nc4c3c(C([2H])([2H])[2H])c[n+]2C)c(C)c1.[2H]C([2H])([2H])c1ccc(-c2c3sc4c5ccccc5cnc4c3c(C([2H])([2H])[2H])c[n+]2C)c(C)c1.[2H]C1(c2ccc3c(ccc4c5cc[n+](C)c(-c6ccccc6C)c5sc34)c2)CCCCC1. The highest BCUT2D eigenvalue weighted by molar-refractivity contribution is 7.29. The second-order valence-electron chi connectivity index (χ2n) is 41.1. The lowest BCUT2D eigenvalue weighted by Gasteiger charge is -2.22. The van der Waals surface area contributed by atoms with Gasteiger partial charge in [-0.1, -0.05) is 281 Å². The van der Waals surface area contributed by atoms with E-state index < -0.39 is 33.3 Å². The molecule has 3 saturated carbocycles. The fraction of sp³-hybridized carbons (Fsp3) is 0.237. The van der Waals surface area contributed by atoms with Crippen molar-refractivity contribution in [2.45, 2.75) is 177 Å². The molecule has 0 atom stereocenters. The van der Waals surface area contributed by atoms with Gasteiger partial charge in [-0.3, -0.25) is 9.97 Å². The fourth-order valence-corrected chi connectivity index (χ4v) is 31.2. The molecule has 12 heteroatoms. The summed E-state index contributed by atoms with van der Waals surface area (Å²) >= 11 is 8.89. The molecular formula is C135H126N7S5+5. The molecule has 13 aromatic carbocycles. The van der Waals surface area contributed by atoms with Crippen LogP contribution in [-0.2, 0) is 35.2 Å². The van der Waals surface area contributed by atoms with Crippen LogP contribution >= 0.6 is 56.7 Å². The Labute approximate surface area is 900 Å². The number of aryl methyl sites for hydroxylation is 15. The number of hydrogen-bond acceptors (Lipinski definition) is 7. The van der Waals surface area contributed by atoms with Gasteiger partial charge >= 0.3 is 0 Å². The lowest BCUT2D eigenvalue weighted by Crippen LogP contribution is -2.31. The van der Waals surface area contributed by atoms with Crippen molar-refractivity contribution in [2.75, 3.05) is 0 Å². The fourth-order valence-electron chi connectivity index (χ4n) is 24.1. The first-order chi connectivity index (χ1) is 76.8. The van der Waals surface area contributed by atoms with E-state index in [2.05, 4.69) is 261 Å². The lowest BCUT2D eigenvalue weighted by atomic mass is 9.83. The molecule has 25 aromatic rings. The summed E-state index contributed by atoms with van der Waals surface area (Å²) in [5.41, 5.74) is 24.5. The Morgan fingerprint density at radius 1 is 0.265 bits per heavy atom. The largest absolute Gasteiger partial charge is 0.254 e. The average Bonchev–Trinajstić information content (AvgIpc) is 1.56. The molecule has 0 unspecified atom stereocenters. The molecule has 147 heavy (non-hydrogen) atoms. The summed E-state index contributed by atoms with van der Waals surface area (Å²) < 4.78 is 127. The number of pyridine rings is 7. The summed E-state index contributed by atoms with van der Waals surface area (Å²) in [5, 5.41) is 21.7. The van der Waals surface area contributed by atoms with E-state index in [0.717, 1.165) is 104 Å². The van der Waals surface area contributed by atoms with Crippen molar-refractivity contribution < 1.29 is 40.7 Å². The third-order valence-electron chi connectivity index (χ3n) is 31.7. The van der Waals surface area contributed by atoms with Crippen molar-refractivity contribution in [3.05, 3.63) is 377 Å². The van der Waals surface area contributed by atoms with Crippen LogP contribution in [0.3, 0.4) is 0 Å². The monoisotopic (exact) mass is 2020 g/mol. The first-order valence-electron chi connectivity index (χ1n) is 58.3. The lowest BCUT2D eigenvalue weighted by molar-refractivity contribution is -0.659. The normalized spacial score (nSPS) is 15.8. The van der Waals surface area contributed by atoms with Crippen LogP contribution in [0.5, 0.6) is 0 Å². The zero-order valence-electron chi connectivity index (χ0n) is 98.1. The standard InChI is InChI=1S/2C29H28NS.C28H26NS.C25H23N2S.C24H21N2S/c2*1-19-8-6-7-11-23(19)27-29-26(16-17-30(27)2)25-15-13-22-18-21(20-9-4-3-5-10-20)12-14-24(22)28(25)31-29;1-18-7-3-6-10-22(18)26-28-25(15-16-29(26)2)24-14-12-21-17-20(19-8-4-5-9-19)11-13-23(21)27(24)30-28;1-14-10-11-18(15(2)12-14)23-25-21(16(3)13-27(23)5)22-24(28-25)20-9-7-6-8-19(20)17(4)26-22;1-14-9-10-18(15(2)11-14)22-24-20(16(3)13-26(22)4)21-23(27-24)19-8-6-5-7-17(19)12-25-21/h2*6-8,11-18,20H,3-5,9-10H2,1-2H3;3,6-7,10-17,19H,4-5,8-9H2,1-2H3;6-13H,1-5H3;5-13H,1-4H3/q5*+1/i20D;;;2*1D3,3D3. The van der Waals surface area contributed by atoms with Gasteiger partial charge in [-0.05, 0) is 232 Å². The first-order valence-corrected chi connectivity index (χ1v) is 55.9. The zero-order chi connectivity index (χ0) is 111. The summed E-state index contributed by atoms with van der Waals surface area (Å²) in [7, 11) is 10.1. The van der Waals surface area contributed by atoms with Crippen molar-refractivity contribution in [1.82, 2.24) is 9.97 Å². The molecule has 0 radical (unpaired) electrons. The average molecular weight is 2020 g/mol. The molecule has 3 aliphatic carbocycles. The van der Waals surface area contributed by atoms with Crippen LogP contribution in [0.2, 0.25) is 0 Å². The number of hydrogen-bond donors (Lipinski definition) is 0. The predicted octanol–water partition coefficient (Wildman–Crippen LogP) is 36.1. The summed E-state index contributed by atoms with van der Waals surface area (Å²) in [4.78, 5) is 9.56. The van der Waals surface area contributed by atoms with Crippen molar-refractivity contribution in [3.8, 4) is 56.3 Å². The predicted molar refractivity (Wildman–Crippen MR) is 633 cm³/mol. The minimum absolute atomic E-state index is 0.259. The van der Waals surface area contributed by atoms with Crippen LogP contribution in [0.4, 0.5) is 0 Å². The smallest absolute Gasteiger partial charge is 0.230 e. The van der Waals surface area contributed by atoms with E-state index in [1.54, 1.807) is 48.4 Å². The van der Waals surface area contributed by atoms with Gasteiger partial charge in [-0.15, -0.1) is 56.7 Å². The molecule has 0 N–H and O–H groups in total. The van der Waals surface area contributed by atoms with E-state index in [0.29, 0.717) is 21.8 Å². The zero-order valence-corrected chi connectivity index (χ0v) is 89.2. The molecule has 3 aliphatic rings. The van der Waals surface area contributed by atoms with Gasteiger partial charge in [0.25, 0.3) is 0 Å². The van der Waals surface area contributed by atoms with Gasteiger partial charge in [0.05, 0.1) is 48.3 Å². The Balaban J connectivity index is 0.000000105. The topological polar surface area (TPSA) is 45.2 Å². The molecule has 0 amide bonds. The molecule has 28 rings (SSSR count). The Bertz CT molecular complexity index is 10200. The van der Waals surface area contributed by atoms with Gasteiger partial charge in [0, 0.05) is 138 Å². The van der Waals surface area contributed by atoms with Crippen molar-refractivity contribution in [3.63, 3.8) is 0 Å². The van der Waals surface area contributed by atoms with Crippen LogP contribution in [0.15, 0.2) is 304 Å². The van der Waals surface area contributed by atoms with Gasteiger partial charge < -0.3 is 0 Å². The van der Waals surface area contributed by atoms with Crippen LogP contribution in [0, 0.1) is 68.9 Å². The van der Waals surface area contributed by atoms with E-state index in [1.165, 1.54) is 254 Å². The molecule has 12 aromatic heterocycles. The Morgan fingerprint density at radius 3 is 1.04 bits per heavy atom. The number of nitrogens with zero attached hydrogens (tertiary/aromatic N) is 7. The number of aromatic nitrogens is 7. The highest BCUT2D eigenvalue weighted by atomic mass is 32.1. The van der Waals surface area contributed by atoms with Crippen LogP contribution < -0.4 is 22.8 Å². The minimum atomic E-state index is -2.32. The molecule has 726 valence electrons. The second kappa shape index (κ2) is 39.5. The Hall–Kier alpha value is -13.7. The third kappa shape index (κ3) is 17.3. The van der Waals surface area contributed by atoms with Crippen LogP contribution in [0.1, 0.15) is 198 Å². The van der Waals surface area contributed by atoms with Gasteiger partial charge in [0.15, 0.2) is 31.0 Å². The van der Waals surface area contributed by atoms with E-state index in [9.17, 15) is 0 Å². The molecule has 0 bridgehead atoms. The van der Waals surface area contributed by atoms with Crippen LogP contribution in [-0.4, -0.2) is 9.97 Å². The number of benzene rings is 13. The van der Waals surface area contributed by atoms with E-state index in [1.807, 2.05) is 139 Å². The van der Waals surface area contributed by atoms with Gasteiger partial charge in [0.2, 0.25) is 28.5 Å². The van der Waals surface area contributed by atoms with Crippen molar-refractivity contribution in [2.24, 2.45) is 35.2 Å². The van der Waals surface area contributed by atoms with E-state index in [-0.39, 0.29) is 22.3 Å². The maximum absolute atomic E-state index is 9.05. The maximum Gasteiger partial charge on any atom is 0.230 e. The minimum Gasteiger partial charge on any atom is -0.254 e. The quantitative estimate of drug-likeness (QED) is 0.142. The highest BCUT2D eigenvalue weighted by Gasteiger charge is 2.32. The molecule has 3 fully saturated rings. The summed E-state index contributed by atoms with van der Waals surface area (Å²) in [5.74, 6) is 1.11. The molecule has 0 spiro atoms. The maximum atomic E-state index is 9.05. The second-order valence-corrected chi connectivity index (χ2v) is 46.2. The van der Waals surface area contributed by atoms with Gasteiger partial charge in [0.1, 0.15) is 58.7 Å². The molecule has 0 aliphatic heterocycles. The first kappa shape index (κ1) is 81.4. The van der Waals surface area contributed by atoms with Gasteiger partial charge in [-0.2, -0.15) is 22.8 Å². The van der Waals surface area contributed by atoms with E-state index >= 15 is 0 Å². The molecular weight excluding hydrogens is 1880 g/mol. The molecule has 7 nitrogen and oxygen atoms in total. The molecule has 0 saturated heterocycles. The van der Waals surface area contributed by atoms with Crippen molar-refractivity contribution in [1.29, 1.82) is 0 Å². The van der Waals surface area contributed by atoms with Crippen LogP contribution in [0.25, 0.3) is 211 Å².